The number of carboxylic acids is 1. The third-order valence-electron chi connectivity index (χ3n) is 2.52. The van der Waals surface area contributed by atoms with Crippen LogP contribution in [-0.4, -0.2) is 48.1 Å². The molecule has 5 nitrogen and oxygen atoms in total. The number of carbonyl (C=O) groups is 2. The van der Waals surface area contributed by atoms with E-state index in [2.05, 4.69) is 12.2 Å². The normalized spacial score (nSPS) is 12.2. The van der Waals surface area contributed by atoms with Gasteiger partial charge in [-0.3, -0.25) is 9.59 Å². The van der Waals surface area contributed by atoms with Crippen molar-refractivity contribution in [1.82, 2.24) is 10.2 Å². The summed E-state index contributed by atoms with van der Waals surface area (Å²) in [7, 11) is 1.70. The molecule has 1 amide bonds. The lowest BCUT2D eigenvalue weighted by molar-refractivity contribution is -0.137. The van der Waals surface area contributed by atoms with E-state index in [4.69, 9.17) is 5.11 Å². The maximum absolute atomic E-state index is 11.6. The van der Waals surface area contributed by atoms with Crippen molar-refractivity contribution in [3.8, 4) is 0 Å². The fourth-order valence-electron chi connectivity index (χ4n) is 1.13. The van der Waals surface area contributed by atoms with Gasteiger partial charge in [0.25, 0.3) is 0 Å². The summed E-state index contributed by atoms with van der Waals surface area (Å²) in [6, 6.07) is 0.330. The monoisotopic (exact) mass is 230 g/mol. The molecule has 0 saturated heterocycles. The van der Waals surface area contributed by atoms with E-state index in [0.29, 0.717) is 25.6 Å². The van der Waals surface area contributed by atoms with Crippen molar-refractivity contribution in [2.75, 3.05) is 20.1 Å². The minimum Gasteiger partial charge on any atom is -0.481 e. The molecule has 1 atom stereocenters. The van der Waals surface area contributed by atoms with Gasteiger partial charge in [-0.1, -0.05) is 6.92 Å². The quantitative estimate of drug-likeness (QED) is 0.644. The summed E-state index contributed by atoms with van der Waals surface area (Å²) in [5.41, 5.74) is 0. The number of amides is 1. The predicted molar refractivity (Wildman–Crippen MR) is 62.3 cm³/mol. The van der Waals surface area contributed by atoms with Gasteiger partial charge in [-0.05, 0) is 19.8 Å². The summed E-state index contributed by atoms with van der Waals surface area (Å²) in [5.74, 6) is -0.815. The third kappa shape index (κ3) is 7.23. The molecule has 94 valence electrons. The highest BCUT2D eigenvalue weighted by atomic mass is 16.4. The van der Waals surface area contributed by atoms with E-state index in [1.54, 1.807) is 11.9 Å². The molecule has 1 unspecified atom stereocenters. The van der Waals surface area contributed by atoms with Crippen molar-refractivity contribution >= 4 is 11.9 Å². The van der Waals surface area contributed by atoms with Crippen molar-refractivity contribution in [2.24, 2.45) is 0 Å². The topological polar surface area (TPSA) is 69.6 Å². The van der Waals surface area contributed by atoms with Crippen LogP contribution in [0.2, 0.25) is 0 Å². The summed E-state index contributed by atoms with van der Waals surface area (Å²) in [4.78, 5) is 23.4. The highest BCUT2D eigenvalue weighted by Gasteiger charge is 2.09. The Labute approximate surface area is 96.8 Å². The van der Waals surface area contributed by atoms with Crippen LogP contribution in [0.5, 0.6) is 0 Å². The van der Waals surface area contributed by atoms with E-state index < -0.39 is 5.97 Å². The van der Waals surface area contributed by atoms with Gasteiger partial charge in [-0.2, -0.15) is 0 Å². The van der Waals surface area contributed by atoms with E-state index in [9.17, 15) is 9.59 Å². The Balaban J connectivity index is 3.69. The zero-order valence-electron chi connectivity index (χ0n) is 10.3. The number of aliphatic carboxylic acids is 1. The highest BCUT2D eigenvalue weighted by Crippen LogP contribution is 1.94. The number of hydrogen-bond acceptors (Lipinski definition) is 3. The number of carbonyl (C=O) groups excluding carboxylic acids is 1. The van der Waals surface area contributed by atoms with Gasteiger partial charge in [0, 0.05) is 26.1 Å². The first-order chi connectivity index (χ1) is 7.47. The van der Waals surface area contributed by atoms with Crippen molar-refractivity contribution in [1.29, 1.82) is 0 Å². The average molecular weight is 230 g/mol. The fraction of sp³-hybridized carbons (Fsp3) is 0.818. The number of nitrogens with one attached hydrogen (secondary N) is 1. The third-order valence-corrected chi connectivity index (χ3v) is 2.52. The first-order valence-corrected chi connectivity index (χ1v) is 5.66. The van der Waals surface area contributed by atoms with E-state index in [1.165, 1.54) is 0 Å². The van der Waals surface area contributed by atoms with Gasteiger partial charge in [0.2, 0.25) is 5.91 Å². The number of rotatable bonds is 8. The van der Waals surface area contributed by atoms with E-state index in [1.807, 2.05) is 6.92 Å². The Morgan fingerprint density at radius 3 is 2.56 bits per heavy atom. The molecule has 0 heterocycles. The zero-order valence-corrected chi connectivity index (χ0v) is 10.3. The second-order valence-corrected chi connectivity index (χ2v) is 4.00. The molecular weight excluding hydrogens is 208 g/mol. The van der Waals surface area contributed by atoms with Crippen molar-refractivity contribution < 1.29 is 14.7 Å². The lowest BCUT2D eigenvalue weighted by Gasteiger charge is -2.18. The molecule has 5 heteroatoms. The van der Waals surface area contributed by atoms with Gasteiger partial charge in [0.15, 0.2) is 0 Å². The molecule has 0 rings (SSSR count). The fourth-order valence-corrected chi connectivity index (χ4v) is 1.13. The van der Waals surface area contributed by atoms with Crippen LogP contribution in [0.3, 0.4) is 0 Å². The van der Waals surface area contributed by atoms with E-state index in [-0.39, 0.29) is 12.3 Å². The summed E-state index contributed by atoms with van der Waals surface area (Å²) in [5, 5.41) is 11.6. The predicted octanol–water partition coefficient (Wildman–Crippen LogP) is 0.698. The molecule has 0 aromatic carbocycles. The number of hydrogen-bond donors (Lipinski definition) is 2. The summed E-state index contributed by atoms with van der Waals surface area (Å²) >= 11 is 0. The van der Waals surface area contributed by atoms with E-state index in [0.717, 1.165) is 6.42 Å². The molecule has 0 radical (unpaired) electrons. The Kier molecular flexibility index (Phi) is 7.54. The Morgan fingerprint density at radius 1 is 1.44 bits per heavy atom. The molecule has 0 aliphatic rings. The second kappa shape index (κ2) is 8.10. The summed E-state index contributed by atoms with van der Waals surface area (Å²) < 4.78 is 0. The molecule has 0 spiro atoms. The van der Waals surface area contributed by atoms with E-state index >= 15 is 0 Å². The Bertz CT molecular complexity index is 231. The number of likely N-dealkylation sites (N-methyl/N-ethyl adjacent to an activating group) is 1. The maximum atomic E-state index is 11.6. The van der Waals surface area contributed by atoms with Crippen LogP contribution in [-0.2, 0) is 9.59 Å². The molecule has 0 aliphatic heterocycles. The molecule has 16 heavy (non-hydrogen) atoms. The molecular formula is C11H22N2O3. The zero-order chi connectivity index (χ0) is 12.6. The lowest BCUT2D eigenvalue weighted by atomic mass is 10.2. The Morgan fingerprint density at radius 2 is 2.06 bits per heavy atom. The van der Waals surface area contributed by atoms with Crippen LogP contribution in [0.25, 0.3) is 0 Å². The smallest absolute Gasteiger partial charge is 0.303 e. The molecule has 0 bridgehead atoms. The average Bonchev–Trinajstić information content (AvgIpc) is 2.24. The highest BCUT2D eigenvalue weighted by molar-refractivity contribution is 5.78. The second-order valence-electron chi connectivity index (χ2n) is 4.00. The summed E-state index contributed by atoms with van der Waals surface area (Å²) in [6.45, 7) is 4.89. The van der Waals surface area contributed by atoms with Gasteiger partial charge in [0.05, 0.1) is 6.54 Å². The van der Waals surface area contributed by atoms with Crippen molar-refractivity contribution in [2.45, 2.75) is 39.2 Å². The minimum atomic E-state index is -0.821. The standard InChI is InChI=1S/C11H22N2O3/c1-4-9(2)12-8-10(14)13(3)7-5-6-11(15)16/h9,12H,4-8H2,1-3H3,(H,15,16). The Hall–Kier alpha value is -1.10. The van der Waals surface area contributed by atoms with Gasteiger partial charge >= 0.3 is 5.97 Å². The molecule has 0 aromatic rings. The molecule has 0 fully saturated rings. The van der Waals surface area contributed by atoms with Gasteiger partial charge in [0.1, 0.15) is 0 Å². The van der Waals surface area contributed by atoms with Crippen LogP contribution in [0.1, 0.15) is 33.1 Å². The molecule has 0 aromatic heterocycles. The van der Waals surface area contributed by atoms with Crippen LogP contribution < -0.4 is 5.32 Å². The van der Waals surface area contributed by atoms with Crippen LogP contribution in [0.4, 0.5) is 0 Å². The first-order valence-electron chi connectivity index (χ1n) is 5.66. The lowest BCUT2D eigenvalue weighted by Crippen LogP contribution is -2.39. The maximum Gasteiger partial charge on any atom is 0.303 e. The minimum absolute atomic E-state index is 0.00527. The molecule has 2 N–H and O–H groups in total. The molecule has 0 saturated carbocycles. The van der Waals surface area contributed by atoms with Gasteiger partial charge in [-0.15, -0.1) is 0 Å². The number of carboxylic acid groups (broad SMARTS) is 1. The van der Waals surface area contributed by atoms with Crippen LogP contribution in [0.15, 0.2) is 0 Å². The van der Waals surface area contributed by atoms with Crippen LogP contribution >= 0.6 is 0 Å². The SMILES string of the molecule is CCC(C)NCC(=O)N(C)CCCC(=O)O. The van der Waals surface area contributed by atoms with Crippen molar-refractivity contribution in [3.05, 3.63) is 0 Å². The van der Waals surface area contributed by atoms with Crippen molar-refractivity contribution in [3.63, 3.8) is 0 Å². The number of nitrogens with zero attached hydrogens (tertiary/aromatic N) is 1. The molecule has 0 aliphatic carbocycles. The largest absolute Gasteiger partial charge is 0.481 e. The van der Waals surface area contributed by atoms with Crippen LogP contribution in [0, 0.1) is 0 Å². The van der Waals surface area contributed by atoms with Gasteiger partial charge in [-0.25, -0.2) is 0 Å². The summed E-state index contributed by atoms with van der Waals surface area (Å²) in [6.07, 6.45) is 1.59. The van der Waals surface area contributed by atoms with Gasteiger partial charge < -0.3 is 15.3 Å². The first kappa shape index (κ1) is 14.9.